The summed E-state index contributed by atoms with van der Waals surface area (Å²) < 4.78 is 13.9. The maximum atomic E-state index is 13.9. The summed E-state index contributed by atoms with van der Waals surface area (Å²) in [5.41, 5.74) is 4.72. The highest BCUT2D eigenvalue weighted by Gasteiger charge is 2.28. The number of halogens is 1. The van der Waals surface area contributed by atoms with Gasteiger partial charge in [-0.25, -0.2) is 4.39 Å². The van der Waals surface area contributed by atoms with Crippen molar-refractivity contribution in [2.75, 3.05) is 11.4 Å². The van der Waals surface area contributed by atoms with Gasteiger partial charge in [-0.1, -0.05) is 65.9 Å². The van der Waals surface area contributed by atoms with Crippen LogP contribution in [0.3, 0.4) is 0 Å². The van der Waals surface area contributed by atoms with Crippen molar-refractivity contribution in [1.29, 1.82) is 0 Å². The lowest BCUT2D eigenvalue weighted by atomic mass is 10.1. The quantitative estimate of drug-likeness (QED) is 0.335. The zero-order valence-electron chi connectivity index (χ0n) is 19.8. The second-order valence-electron chi connectivity index (χ2n) is 8.80. The molecule has 5 rings (SSSR count). The van der Waals surface area contributed by atoms with Gasteiger partial charge in [0.15, 0.2) is 0 Å². The van der Waals surface area contributed by atoms with Crippen LogP contribution in [0.25, 0.3) is 0 Å². The number of nitrogens with one attached hydrogen (secondary N) is 1. The smallest absolute Gasteiger partial charge is 0.259 e. The lowest BCUT2D eigenvalue weighted by molar-refractivity contribution is 0.0950. The molecule has 4 nitrogen and oxygen atoms in total. The van der Waals surface area contributed by atoms with Gasteiger partial charge in [-0.2, -0.15) is 0 Å². The van der Waals surface area contributed by atoms with Crippen LogP contribution in [-0.4, -0.2) is 18.4 Å². The highest BCUT2D eigenvalue weighted by Crippen LogP contribution is 2.42. The molecular formula is C30H25FN2O2S. The number of benzene rings is 4. The summed E-state index contributed by atoms with van der Waals surface area (Å²) in [6.45, 7) is 2.74. The predicted octanol–water partition coefficient (Wildman–Crippen LogP) is 6.42. The number of anilines is 1. The average Bonchev–Trinajstić information content (AvgIpc) is 2.98. The van der Waals surface area contributed by atoms with Crippen molar-refractivity contribution in [2.24, 2.45) is 0 Å². The van der Waals surface area contributed by atoms with Crippen molar-refractivity contribution in [3.05, 3.63) is 125 Å². The van der Waals surface area contributed by atoms with Crippen LogP contribution in [0.1, 0.15) is 37.4 Å². The van der Waals surface area contributed by atoms with Crippen LogP contribution in [0.4, 0.5) is 10.1 Å². The zero-order valence-corrected chi connectivity index (χ0v) is 20.6. The van der Waals surface area contributed by atoms with Crippen LogP contribution >= 0.6 is 11.8 Å². The van der Waals surface area contributed by atoms with E-state index in [1.807, 2.05) is 49.4 Å². The molecule has 0 fully saturated rings. The molecule has 36 heavy (non-hydrogen) atoms. The van der Waals surface area contributed by atoms with Crippen molar-refractivity contribution in [2.45, 2.75) is 29.7 Å². The number of amides is 2. The van der Waals surface area contributed by atoms with E-state index in [-0.39, 0.29) is 24.2 Å². The molecule has 4 aromatic carbocycles. The van der Waals surface area contributed by atoms with Gasteiger partial charge >= 0.3 is 0 Å². The number of hydrogen-bond donors (Lipinski definition) is 1. The number of rotatable bonds is 6. The summed E-state index contributed by atoms with van der Waals surface area (Å²) in [5, 5.41) is 2.99. The minimum Gasteiger partial charge on any atom is -0.352 e. The van der Waals surface area contributed by atoms with Gasteiger partial charge in [0, 0.05) is 21.9 Å². The fourth-order valence-corrected chi connectivity index (χ4v) is 5.39. The normalized spacial score (nSPS) is 12.5. The van der Waals surface area contributed by atoms with E-state index < -0.39 is 0 Å². The molecule has 0 aromatic heterocycles. The summed E-state index contributed by atoms with van der Waals surface area (Å²) in [6.07, 6.45) is 0.730. The van der Waals surface area contributed by atoms with E-state index in [2.05, 4.69) is 11.4 Å². The first-order chi connectivity index (χ1) is 17.5. The molecule has 0 radical (unpaired) electrons. The lowest BCUT2D eigenvalue weighted by Gasteiger charge is -2.24. The van der Waals surface area contributed by atoms with Crippen molar-refractivity contribution < 1.29 is 14.0 Å². The lowest BCUT2D eigenvalue weighted by Crippen LogP contribution is -2.31. The van der Waals surface area contributed by atoms with Crippen LogP contribution in [0.2, 0.25) is 0 Å². The number of fused-ring (bicyclic) bond motifs is 2. The molecule has 1 N–H and O–H groups in total. The Balaban J connectivity index is 1.43. The van der Waals surface area contributed by atoms with Gasteiger partial charge in [0.25, 0.3) is 11.8 Å². The molecule has 0 saturated carbocycles. The molecule has 0 saturated heterocycles. The standard InChI is InChI=1S/C30H25FN2O2S/c1-20-6-4-7-21(16-20)14-15-32-29(34)23-12-13-28-26(18-23)33(19-22-8-5-9-24(31)17-22)30(35)25-10-2-3-11-27(25)36-28/h2-13,16-18H,14-15,19H2,1H3,(H,32,34). The van der Waals surface area contributed by atoms with Crippen LogP contribution in [0, 0.1) is 12.7 Å². The van der Waals surface area contributed by atoms with Gasteiger partial charge in [0.1, 0.15) is 5.82 Å². The summed E-state index contributed by atoms with van der Waals surface area (Å²) in [5.74, 6) is -0.736. The van der Waals surface area contributed by atoms with Gasteiger partial charge in [-0.15, -0.1) is 0 Å². The van der Waals surface area contributed by atoms with E-state index in [9.17, 15) is 14.0 Å². The Morgan fingerprint density at radius 1 is 0.889 bits per heavy atom. The first kappa shape index (κ1) is 23.8. The van der Waals surface area contributed by atoms with Crippen LogP contribution in [0.5, 0.6) is 0 Å². The number of carbonyl (C=O) groups excluding carboxylic acids is 2. The molecule has 1 aliphatic rings. The molecule has 4 aromatic rings. The molecule has 180 valence electrons. The second kappa shape index (κ2) is 10.4. The topological polar surface area (TPSA) is 49.4 Å². The van der Waals surface area contributed by atoms with E-state index >= 15 is 0 Å². The molecule has 2 amide bonds. The molecule has 6 heteroatoms. The van der Waals surface area contributed by atoms with Gasteiger partial charge in [-0.3, -0.25) is 9.59 Å². The molecule has 0 bridgehead atoms. The minimum atomic E-state index is -0.355. The molecule has 0 aliphatic carbocycles. The van der Waals surface area contributed by atoms with Crippen LogP contribution < -0.4 is 10.2 Å². The first-order valence-electron chi connectivity index (χ1n) is 11.8. The fraction of sp³-hybridized carbons (Fsp3) is 0.133. The Morgan fingerprint density at radius 2 is 1.69 bits per heavy atom. The minimum absolute atomic E-state index is 0.182. The maximum absolute atomic E-state index is 13.9. The molecule has 0 atom stereocenters. The summed E-state index contributed by atoms with van der Waals surface area (Å²) in [4.78, 5) is 30.0. The van der Waals surface area contributed by atoms with Crippen LogP contribution in [-0.2, 0) is 13.0 Å². The van der Waals surface area contributed by atoms with E-state index in [0.717, 1.165) is 16.2 Å². The van der Waals surface area contributed by atoms with E-state index in [1.165, 1.54) is 35.0 Å². The second-order valence-corrected chi connectivity index (χ2v) is 9.88. The predicted molar refractivity (Wildman–Crippen MR) is 141 cm³/mol. The van der Waals surface area contributed by atoms with E-state index in [1.54, 1.807) is 35.2 Å². The number of nitrogens with zero attached hydrogens (tertiary/aromatic N) is 1. The third kappa shape index (κ3) is 5.19. The highest BCUT2D eigenvalue weighted by atomic mass is 32.2. The van der Waals surface area contributed by atoms with Crippen molar-refractivity contribution >= 4 is 29.3 Å². The van der Waals surface area contributed by atoms with Crippen molar-refractivity contribution in [3.63, 3.8) is 0 Å². The van der Waals surface area contributed by atoms with Gasteiger partial charge in [-0.05, 0) is 66.9 Å². The Morgan fingerprint density at radius 3 is 2.53 bits per heavy atom. The van der Waals surface area contributed by atoms with Crippen LogP contribution in [0.15, 0.2) is 101 Å². The molecule has 1 heterocycles. The number of carbonyl (C=O) groups is 2. The molecule has 0 unspecified atom stereocenters. The molecule has 1 aliphatic heterocycles. The Kier molecular flexibility index (Phi) is 6.87. The monoisotopic (exact) mass is 496 g/mol. The summed E-state index contributed by atoms with van der Waals surface area (Å²) in [6, 6.07) is 27.3. The first-order valence-corrected chi connectivity index (χ1v) is 12.6. The third-order valence-corrected chi connectivity index (χ3v) is 7.25. The third-order valence-electron chi connectivity index (χ3n) is 6.11. The van der Waals surface area contributed by atoms with Gasteiger partial charge in [0.2, 0.25) is 0 Å². The molecular weight excluding hydrogens is 471 g/mol. The van der Waals surface area contributed by atoms with Crippen molar-refractivity contribution in [1.82, 2.24) is 5.32 Å². The molecule has 0 spiro atoms. The van der Waals surface area contributed by atoms with E-state index in [0.29, 0.717) is 28.9 Å². The van der Waals surface area contributed by atoms with E-state index in [4.69, 9.17) is 0 Å². The number of hydrogen-bond acceptors (Lipinski definition) is 3. The Hall–Kier alpha value is -3.90. The Labute approximate surface area is 214 Å². The SMILES string of the molecule is Cc1cccc(CCNC(=O)c2ccc3c(c2)N(Cc2cccc(F)c2)C(=O)c2ccccc2S3)c1. The maximum Gasteiger partial charge on any atom is 0.259 e. The summed E-state index contributed by atoms with van der Waals surface area (Å²) in [7, 11) is 0. The highest BCUT2D eigenvalue weighted by molar-refractivity contribution is 7.99. The Bertz CT molecular complexity index is 1450. The largest absolute Gasteiger partial charge is 0.352 e. The van der Waals surface area contributed by atoms with Crippen molar-refractivity contribution in [3.8, 4) is 0 Å². The summed E-state index contributed by atoms with van der Waals surface area (Å²) >= 11 is 1.49. The number of aryl methyl sites for hydroxylation is 1. The fourth-order valence-electron chi connectivity index (χ4n) is 4.33. The average molecular weight is 497 g/mol. The van der Waals surface area contributed by atoms with Gasteiger partial charge in [0.05, 0.1) is 17.8 Å². The van der Waals surface area contributed by atoms with Gasteiger partial charge < -0.3 is 10.2 Å². The zero-order chi connectivity index (χ0) is 25.1.